The fourth-order valence-electron chi connectivity index (χ4n) is 2.76. The van der Waals surface area contributed by atoms with Gasteiger partial charge in [0.25, 0.3) is 11.7 Å². The largest absolute Gasteiger partial charge is 0.467 e. The third-order valence-electron chi connectivity index (χ3n) is 4.66. The van der Waals surface area contributed by atoms with E-state index in [0.717, 1.165) is 5.69 Å². The molecule has 0 aromatic carbocycles. The lowest BCUT2D eigenvalue weighted by Gasteiger charge is -2.21. The number of hydrogen-bond donors (Lipinski definition) is 1. The van der Waals surface area contributed by atoms with E-state index < -0.39 is 30.5 Å². The van der Waals surface area contributed by atoms with Crippen molar-refractivity contribution in [2.24, 2.45) is 5.92 Å². The maximum absolute atomic E-state index is 12.2. The molecule has 0 spiro atoms. The molecule has 152 valence electrons. The smallest absolute Gasteiger partial charge is 0.328 e. The molecule has 0 radical (unpaired) electrons. The molecule has 2 aromatic rings. The van der Waals surface area contributed by atoms with Crippen molar-refractivity contribution in [2.75, 3.05) is 13.7 Å². The van der Waals surface area contributed by atoms with Gasteiger partial charge >= 0.3 is 11.9 Å². The summed E-state index contributed by atoms with van der Waals surface area (Å²) in [6.07, 6.45) is 2.01. The van der Waals surface area contributed by atoms with E-state index in [2.05, 4.69) is 20.4 Å². The molecule has 28 heavy (non-hydrogen) atoms. The summed E-state index contributed by atoms with van der Waals surface area (Å²) in [5.74, 6) is -1.35. The zero-order valence-electron chi connectivity index (χ0n) is 16.7. The number of fused-ring (bicyclic) bond motifs is 1. The third kappa shape index (κ3) is 4.81. The number of aryl methyl sites for hydroxylation is 2. The first kappa shape index (κ1) is 21.3. The second kappa shape index (κ2) is 9.25. The summed E-state index contributed by atoms with van der Waals surface area (Å²) >= 11 is 0. The number of aromatic nitrogens is 4. The Morgan fingerprint density at radius 2 is 2.00 bits per heavy atom. The number of nitrogens with one attached hydrogen (secondary N) is 1. The number of carbonyl (C=O) groups excluding carboxylic acids is 3. The van der Waals surface area contributed by atoms with Gasteiger partial charge in [0.15, 0.2) is 6.61 Å². The molecule has 0 unspecified atom stereocenters. The van der Waals surface area contributed by atoms with E-state index in [1.54, 1.807) is 13.8 Å². The van der Waals surface area contributed by atoms with Crippen LogP contribution in [0, 0.1) is 19.8 Å². The topological polar surface area (TPSA) is 125 Å². The molecule has 0 aliphatic heterocycles. The first-order valence-corrected chi connectivity index (χ1v) is 8.97. The SMILES string of the molecule is CC[C@H](C)[C@H](NC(=O)COC(=O)Cc1c(C)nc2ncnn2c1C)C(=O)OC. The summed E-state index contributed by atoms with van der Waals surface area (Å²) < 4.78 is 11.3. The second-order valence-corrected chi connectivity index (χ2v) is 6.52. The average Bonchev–Trinajstić information content (AvgIpc) is 3.14. The molecule has 2 atom stereocenters. The lowest BCUT2D eigenvalue weighted by molar-refractivity contribution is -0.150. The normalized spacial score (nSPS) is 13.0. The Labute approximate surface area is 162 Å². The minimum absolute atomic E-state index is 0.0560. The van der Waals surface area contributed by atoms with E-state index in [0.29, 0.717) is 23.5 Å². The van der Waals surface area contributed by atoms with E-state index >= 15 is 0 Å². The summed E-state index contributed by atoms with van der Waals surface area (Å²) in [4.78, 5) is 44.4. The molecular formula is C18H25N5O5. The molecule has 10 nitrogen and oxygen atoms in total. The zero-order chi connectivity index (χ0) is 20.8. The Balaban J connectivity index is 1.97. The van der Waals surface area contributed by atoms with Crippen LogP contribution in [0.2, 0.25) is 0 Å². The molecule has 2 heterocycles. The molecule has 0 saturated carbocycles. The van der Waals surface area contributed by atoms with Crippen molar-refractivity contribution in [3.63, 3.8) is 0 Å². The number of hydrogen-bond acceptors (Lipinski definition) is 8. The summed E-state index contributed by atoms with van der Waals surface area (Å²) in [5, 5.41) is 6.62. The number of amides is 1. The maximum atomic E-state index is 12.2. The fraction of sp³-hybridized carbons (Fsp3) is 0.556. The van der Waals surface area contributed by atoms with Gasteiger partial charge in [0.05, 0.1) is 13.5 Å². The van der Waals surface area contributed by atoms with Gasteiger partial charge in [-0.25, -0.2) is 14.3 Å². The molecular weight excluding hydrogens is 366 g/mol. The van der Waals surface area contributed by atoms with Crippen molar-refractivity contribution in [1.29, 1.82) is 0 Å². The number of carbonyl (C=O) groups is 3. The quantitative estimate of drug-likeness (QED) is 0.646. The van der Waals surface area contributed by atoms with Crippen LogP contribution in [0.5, 0.6) is 0 Å². The number of ether oxygens (including phenoxy) is 2. The van der Waals surface area contributed by atoms with Crippen LogP contribution in [0.1, 0.15) is 37.2 Å². The molecule has 0 aliphatic carbocycles. The second-order valence-electron chi connectivity index (χ2n) is 6.52. The summed E-state index contributed by atoms with van der Waals surface area (Å²) in [6.45, 7) is 6.81. The van der Waals surface area contributed by atoms with E-state index in [4.69, 9.17) is 9.47 Å². The van der Waals surface area contributed by atoms with Gasteiger partial charge in [0.1, 0.15) is 12.4 Å². The molecule has 0 bridgehead atoms. The van der Waals surface area contributed by atoms with Crippen LogP contribution in [-0.4, -0.2) is 57.2 Å². The number of esters is 2. The van der Waals surface area contributed by atoms with Crippen molar-refractivity contribution in [2.45, 2.75) is 46.6 Å². The van der Waals surface area contributed by atoms with Crippen LogP contribution in [0.15, 0.2) is 6.33 Å². The van der Waals surface area contributed by atoms with Crippen LogP contribution in [-0.2, 0) is 30.3 Å². The molecule has 1 amide bonds. The number of nitrogens with zero attached hydrogens (tertiary/aromatic N) is 4. The Morgan fingerprint density at radius 1 is 1.29 bits per heavy atom. The van der Waals surface area contributed by atoms with Crippen molar-refractivity contribution in [1.82, 2.24) is 24.9 Å². The fourth-order valence-corrected chi connectivity index (χ4v) is 2.76. The van der Waals surface area contributed by atoms with E-state index in [-0.39, 0.29) is 12.3 Å². The monoisotopic (exact) mass is 391 g/mol. The molecule has 2 rings (SSSR count). The summed E-state index contributed by atoms with van der Waals surface area (Å²) in [6, 6.07) is -0.787. The Hall–Kier alpha value is -3.04. The van der Waals surface area contributed by atoms with Gasteiger partial charge in [-0.2, -0.15) is 10.1 Å². The molecule has 0 fully saturated rings. The predicted molar refractivity (Wildman–Crippen MR) is 98.3 cm³/mol. The molecule has 0 saturated heterocycles. The van der Waals surface area contributed by atoms with E-state index in [9.17, 15) is 14.4 Å². The van der Waals surface area contributed by atoms with E-state index in [1.807, 2.05) is 13.8 Å². The Kier molecular flexibility index (Phi) is 7.02. The highest BCUT2D eigenvalue weighted by Crippen LogP contribution is 2.14. The minimum atomic E-state index is -0.787. The first-order valence-electron chi connectivity index (χ1n) is 8.97. The van der Waals surface area contributed by atoms with Crippen molar-refractivity contribution < 1.29 is 23.9 Å². The minimum Gasteiger partial charge on any atom is -0.467 e. The van der Waals surface area contributed by atoms with Gasteiger partial charge in [-0.15, -0.1) is 0 Å². The van der Waals surface area contributed by atoms with Gasteiger partial charge in [0.2, 0.25) is 0 Å². The van der Waals surface area contributed by atoms with Crippen LogP contribution >= 0.6 is 0 Å². The number of rotatable bonds is 8. The van der Waals surface area contributed by atoms with Gasteiger partial charge < -0.3 is 14.8 Å². The highest BCUT2D eigenvalue weighted by molar-refractivity contribution is 5.86. The van der Waals surface area contributed by atoms with Crippen LogP contribution in [0.4, 0.5) is 0 Å². The molecule has 10 heteroatoms. The van der Waals surface area contributed by atoms with Crippen molar-refractivity contribution in [3.05, 3.63) is 23.3 Å². The highest BCUT2D eigenvalue weighted by atomic mass is 16.5. The third-order valence-corrected chi connectivity index (χ3v) is 4.66. The molecule has 2 aromatic heterocycles. The van der Waals surface area contributed by atoms with Crippen LogP contribution in [0.3, 0.4) is 0 Å². The highest BCUT2D eigenvalue weighted by Gasteiger charge is 2.27. The maximum Gasteiger partial charge on any atom is 0.328 e. The predicted octanol–water partition coefficient (Wildman–Crippen LogP) is 0.531. The lowest BCUT2D eigenvalue weighted by atomic mass is 9.99. The van der Waals surface area contributed by atoms with Crippen LogP contribution < -0.4 is 5.32 Å². The standard InChI is InChI=1S/C18H25N5O5/c1-6-10(2)16(17(26)27-5)22-14(24)8-28-15(25)7-13-11(3)21-18-19-9-20-23(18)12(13)4/h9-10,16H,6-8H2,1-5H3,(H,22,24)/t10-,16-/m0/s1. The van der Waals surface area contributed by atoms with Gasteiger partial charge in [-0.05, 0) is 19.8 Å². The molecule has 0 aliphatic rings. The first-order chi connectivity index (χ1) is 13.3. The Morgan fingerprint density at radius 3 is 2.64 bits per heavy atom. The lowest BCUT2D eigenvalue weighted by Crippen LogP contribution is -2.47. The Bertz CT molecular complexity index is 879. The summed E-state index contributed by atoms with van der Waals surface area (Å²) in [5.41, 5.74) is 2.03. The number of methoxy groups -OCH3 is 1. The average molecular weight is 391 g/mol. The van der Waals surface area contributed by atoms with Crippen molar-refractivity contribution in [3.8, 4) is 0 Å². The van der Waals surface area contributed by atoms with Gasteiger partial charge in [-0.1, -0.05) is 20.3 Å². The summed E-state index contributed by atoms with van der Waals surface area (Å²) in [7, 11) is 1.26. The van der Waals surface area contributed by atoms with Gasteiger partial charge in [0, 0.05) is 17.0 Å². The zero-order valence-corrected chi connectivity index (χ0v) is 16.7. The van der Waals surface area contributed by atoms with Crippen LogP contribution in [0.25, 0.3) is 5.78 Å². The van der Waals surface area contributed by atoms with Gasteiger partial charge in [-0.3, -0.25) is 9.59 Å². The van der Waals surface area contributed by atoms with Crippen molar-refractivity contribution >= 4 is 23.6 Å². The van der Waals surface area contributed by atoms with E-state index in [1.165, 1.54) is 18.0 Å². The molecule has 1 N–H and O–H groups in total.